The van der Waals surface area contributed by atoms with E-state index in [-0.39, 0.29) is 17.5 Å². The van der Waals surface area contributed by atoms with Crippen LogP contribution in [0.3, 0.4) is 0 Å². The molecule has 2 aromatic heterocycles. The molecule has 4 heterocycles. The summed E-state index contributed by atoms with van der Waals surface area (Å²) in [6, 6.07) is 11.5. The summed E-state index contributed by atoms with van der Waals surface area (Å²) in [6.07, 6.45) is 0. The van der Waals surface area contributed by atoms with E-state index in [4.69, 9.17) is 4.98 Å². The normalized spacial score (nSPS) is 20.7. The van der Waals surface area contributed by atoms with E-state index in [0.717, 1.165) is 30.1 Å². The Morgan fingerprint density at radius 2 is 1.62 bits per heavy atom. The third kappa shape index (κ3) is 3.38. The van der Waals surface area contributed by atoms with Crippen molar-refractivity contribution in [2.24, 2.45) is 11.8 Å². The molecule has 5 rings (SSSR count). The number of amides is 1. The smallest absolute Gasteiger partial charge is 0.274 e. The lowest BCUT2D eigenvalue weighted by Gasteiger charge is -2.24. The van der Waals surface area contributed by atoms with E-state index >= 15 is 0 Å². The number of carbonyl (C=O) groups is 1. The molecule has 3 aromatic rings. The van der Waals surface area contributed by atoms with Gasteiger partial charge in [-0.2, -0.15) is 5.10 Å². The quantitative estimate of drug-likeness (QED) is 0.631. The van der Waals surface area contributed by atoms with E-state index in [1.807, 2.05) is 24.8 Å². The third-order valence-corrected chi connectivity index (χ3v) is 6.68. The lowest BCUT2D eigenvalue weighted by Crippen LogP contribution is -2.36. The van der Waals surface area contributed by atoms with Gasteiger partial charge in [-0.25, -0.2) is 9.67 Å². The number of rotatable bonds is 4. The topological polar surface area (TPSA) is 76.3 Å². The molecule has 0 bridgehead atoms. The summed E-state index contributed by atoms with van der Waals surface area (Å²) in [5.74, 6) is 1.76. The second kappa shape index (κ2) is 7.76. The van der Waals surface area contributed by atoms with E-state index in [0.29, 0.717) is 36.7 Å². The molecule has 0 radical (unpaired) electrons. The van der Waals surface area contributed by atoms with Gasteiger partial charge in [0.1, 0.15) is 5.69 Å². The highest BCUT2D eigenvalue weighted by Crippen LogP contribution is 2.36. The van der Waals surface area contributed by atoms with Crippen molar-refractivity contribution in [3.05, 3.63) is 52.4 Å². The van der Waals surface area contributed by atoms with Crippen LogP contribution in [0.5, 0.6) is 0 Å². The van der Waals surface area contributed by atoms with Gasteiger partial charge in [0, 0.05) is 50.1 Å². The first-order chi connectivity index (χ1) is 15.3. The molecule has 32 heavy (non-hydrogen) atoms. The predicted octanol–water partition coefficient (Wildman–Crippen LogP) is 2.96. The number of hydrogen-bond donors (Lipinski definition) is 0. The highest BCUT2D eigenvalue weighted by atomic mass is 16.2. The summed E-state index contributed by atoms with van der Waals surface area (Å²) in [5, 5.41) is 4.32. The molecule has 168 valence electrons. The summed E-state index contributed by atoms with van der Waals surface area (Å²) in [4.78, 5) is 34.3. The zero-order valence-electron chi connectivity index (χ0n) is 19.1. The van der Waals surface area contributed by atoms with Crippen LogP contribution in [0, 0.1) is 11.8 Å². The molecule has 0 spiro atoms. The van der Waals surface area contributed by atoms with Crippen molar-refractivity contribution in [3.63, 3.8) is 0 Å². The van der Waals surface area contributed by atoms with Crippen LogP contribution in [0.2, 0.25) is 0 Å². The van der Waals surface area contributed by atoms with E-state index in [2.05, 4.69) is 46.6 Å². The van der Waals surface area contributed by atoms with Crippen LogP contribution in [-0.2, 0) is 0 Å². The Bertz CT molecular complexity index is 1210. The first-order valence-corrected chi connectivity index (χ1v) is 11.4. The molecule has 2 aliphatic rings. The number of nitrogens with zero attached hydrogens (tertiary/aromatic N) is 6. The van der Waals surface area contributed by atoms with Gasteiger partial charge in [-0.1, -0.05) is 12.1 Å². The van der Waals surface area contributed by atoms with Gasteiger partial charge in [0.05, 0.1) is 17.1 Å². The average molecular weight is 435 g/mol. The fourth-order valence-electron chi connectivity index (χ4n) is 5.16. The van der Waals surface area contributed by atoms with E-state index < -0.39 is 0 Å². The van der Waals surface area contributed by atoms with Gasteiger partial charge in [-0.15, -0.1) is 0 Å². The van der Waals surface area contributed by atoms with Crippen molar-refractivity contribution in [2.75, 3.05) is 31.1 Å². The Kier molecular flexibility index (Phi) is 5.03. The second-order valence-electron chi connectivity index (χ2n) is 9.59. The summed E-state index contributed by atoms with van der Waals surface area (Å²) in [5.41, 5.74) is 2.35. The average Bonchev–Trinajstić information content (AvgIpc) is 3.44. The molecule has 2 fully saturated rings. The lowest BCUT2D eigenvalue weighted by molar-refractivity contribution is 0.0773. The third-order valence-electron chi connectivity index (χ3n) is 6.68. The summed E-state index contributed by atoms with van der Waals surface area (Å²) in [6.45, 7) is 11.4. The molecule has 1 amide bonds. The number of anilines is 1. The van der Waals surface area contributed by atoms with Crippen LogP contribution in [-0.4, -0.2) is 56.3 Å². The van der Waals surface area contributed by atoms with Crippen molar-refractivity contribution in [1.82, 2.24) is 24.2 Å². The maximum absolute atomic E-state index is 13.1. The zero-order chi connectivity index (χ0) is 22.6. The van der Waals surface area contributed by atoms with Crippen molar-refractivity contribution >= 4 is 22.9 Å². The molecule has 2 unspecified atom stereocenters. The molecule has 8 nitrogen and oxygen atoms in total. The number of para-hydroxylation sites is 2. The minimum absolute atomic E-state index is 0.0815. The standard InChI is InChI=1S/C24H30N6O2/c1-15(2)29-21-8-6-5-7-19(21)25-24(29)28-13-17-11-27(12-18(17)14-28)23(32)20-9-10-22(31)30(26-20)16(3)4/h5-10,15-18H,11-14H2,1-4H3. The van der Waals surface area contributed by atoms with Crippen LogP contribution in [0.4, 0.5) is 5.95 Å². The van der Waals surface area contributed by atoms with Gasteiger partial charge in [-0.3, -0.25) is 9.59 Å². The molecule has 0 N–H and O–H groups in total. The van der Waals surface area contributed by atoms with Gasteiger partial charge in [0.2, 0.25) is 5.95 Å². The first-order valence-electron chi connectivity index (χ1n) is 11.4. The zero-order valence-corrected chi connectivity index (χ0v) is 19.1. The maximum Gasteiger partial charge on any atom is 0.274 e. The summed E-state index contributed by atoms with van der Waals surface area (Å²) in [7, 11) is 0. The number of hydrogen-bond acceptors (Lipinski definition) is 5. The fourth-order valence-corrected chi connectivity index (χ4v) is 5.16. The highest BCUT2D eigenvalue weighted by Gasteiger charge is 2.43. The Morgan fingerprint density at radius 3 is 2.28 bits per heavy atom. The summed E-state index contributed by atoms with van der Waals surface area (Å²) < 4.78 is 3.70. The first kappa shape index (κ1) is 20.7. The minimum atomic E-state index is -0.182. The number of imidazole rings is 1. The molecule has 0 saturated carbocycles. The SMILES string of the molecule is CC(C)n1nc(C(=O)N2CC3CN(c4nc5ccccc5n4C(C)C)CC3C2)ccc1=O. The Morgan fingerprint density at radius 1 is 0.938 bits per heavy atom. The molecular weight excluding hydrogens is 404 g/mol. The van der Waals surface area contributed by atoms with Gasteiger partial charge in [-0.05, 0) is 45.9 Å². The van der Waals surface area contributed by atoms with Crippen molar-refractivity contribution in [3.8, 4) is 0 Å². The number of fused-ring (bicyclic) bond motifs is 2. The predicted molar refractivity (Wildman–Crippen MR) is 124 cm³/mol. The molecule has 8 heteroatoms. The van der Waals surface area contributed by atoms with Gasteiger partial charge >= 0.3 is 0 Å². The van der Waals surface area contributed by atoms with Crippen molar-refractivity contribution in [1.29, 1.82) is 0 Å². The van der Waals surface area contributed by atoms with Crippen LogP contribution >= 0.6 is 0 Å². The minimum Gasteiger partial charge on any atom is -0.342 e. The maximum atomic E-state index is 13.1. The van der Waals surface area contributed by atoms with E-state index in [9.17, 15) is 9.59 Å². The fraction of sp³-hybridized carbons (Fsp3) is 0.500. The molecule has 2 aliphatic heterocycles. The largest absolute Gasteiger partial charge is 0.342 e. The Labute approximate surface area is 187 Å². The second-order valence-corrected chi connectivity index (χ2v) is 9.59. The summed E-state index contributed by atoms with van der Waals surface area (Å²) >= 11 is 0. The van der Waals surface area contributed by atoms with Crippen molar-refractivity contribution in [2.45, 2.75) is 39.8 Å². The van der Waals surface area contributed by atoms with Gasteiger partial charge in [0.15, 0.2) is 0 Å². The number of benzene rings is 1. The highest BCUT2D eigenvalue weighted by molar-refractivity contribution is 5.92. The number of aromatic nitrogens is 4. The molecule has 1 aromatic carbocycles. The molecule has 2 saturated heterocycles. The van der Waals surface area contributed by atoms with Crippen LogP contribution in [0.25, 0.3) is 11.0 Å². The molecule has 0 aliphatic carbocycles. The molecular formula is C24H30N6O2. The van der Waals surface area contributed by atoms with Crippen LogP contribution < -0.4 is 10.5 Å². The van der Waals surface area contributed by atoms with Crippen LogP contribution in [0.1, 0.15) is 50.3 Å². The monoisotopic (exact) mass is 434 g/mol. The number of likely N-dealkylation sites (tertiary alicyclic amines) is 1. The van der Waals surface area contributed by atoms with E-state index in [1.165, 1.54) is 10.7 Å². The van der Waals surface area contributed by atoms with E-state index in [1.54, 1.807) is 6.07 Å². The number of carbonyl (C=O) groups excluding carboxylic acids is 1. The molecule has 2 atom stereocenters. The Hall–Kier alpha value is -3.16. The van der Waals surface area contributed by atoms with Crippen molar-refractivity contribution < 1.29 is 4.79 Å². The Balaban J connectivity index is 1.34. The van der Waals surface area contributed by atoms with Gasteiger partial charge < -0.3 is 14.4 Å². The van der Waals surface area contributed by atoms with Crippen LogP contribution in [0.15, 0.2) is 41.2 Å². The lowest BCUT2D eigenvalue weighted by atomic mass is 10.0. The van der Waals surface area contributed by atoms with Gasteiger partial charge in [0.25, 0.3) is 11.5 Å².